The summed E-state index contributed by atoms with van der Waals surface area (Å²) in [6.45, 7) is 0. The third-order valence-corrected chi connectivity index (χ3v) is 10.4. The van der Waals surface area contributed by atoms with Crippen molar-refractivity contribution in [1.29, 1.82) is 0 Å². The van der Waals surface area contributed by atoms with Gasteiger partial charge in [-0.3, -0.25) is 4.98 Å². The van der Waals surface area contributed by atoms with Crippen LogP contribution in [0.5, 0.6) is 0 Å². The molecule has 51 heavy (non-hydrogen) atoms. The Morgan fingerprint density at radius 3 is 1.88 bits per heavy atom. The van der Waals surface area contributed by atoms with Gasteiger partial charge in [-0.1, -0.05) is 103 Å². The zero-order chi connectivity index (χ0) is 33.5. The Balaban J connectivity index is 1.09. The van der Waals surface area contributed by atoms with Gasteiger partial charge in [-0.2, -0.15) is 0 Å². The molecule has 238 valence electrons. The molecule has 0 amide bonds. The van der Waals surface area contributed by atoms with Crippen LogP contribution in [0.25, 0.3) is 99.2 Å². The van der Waals surface area contributed by atoms with Crippen molar-refractivity contribution in [3.05, 3.63) is 176 Å². The van der Waals surface area contributed by atoms with Gasteiger partial charge >= 0.3 is 0 Å². The highest BCUT2D eigenvalue weighted by Gasteiger charge is 2.19. The Kier molecular flexibility index (Phi) is 5.92. The second-order valence-corrected chi connectivity index (χ2v) is 13.2. The highest BCUT2D eigenvalue weighted by atomic mass is 16.3. The van der Waals surface area contributed by atoms with E-state index in [0.29, 0.717) is 0 Å². The van der Waals surface area contributed by atoms with Gasteiger partial charge < -0.3 is 13.6 Å². The van der Waals surface area contributed by atoms with Crippen molar-refractivity contribution in [1.82, 2.24) is 14.1 Å². The minimum atomic E-state index is 0.884. The molecule has 0 aliphatic rings. The third kappa shape index (κ3) is 4.17. The first kappa shape index (κ1) is 28.0. The van der Waals surface area contributed by atoms with Crippen LogP contribution in [0, 0.1) is 0 Å². The molecule has 11 aromatic rings. The van der Waals surface area contributed by atoms with E-state index in [1.165, 1.54) is 38.5 Å². The van der Waals surface area contributed by atoms with Gasteiger partial charge in [0.05, 0.1) is 27.8 Å². The second-order valence-electron chi connectivity index (χ2n) is 13.2. The average Bonchev–Trinajstić information content (AvgIpc) is 3.86. The molecule has 4 aromatic heterocycles. The van der Waals surface area contributed by atoms with Crippen LogP contribution in [0.1, 0.15) is 0 Å². The number of hydrogen-bond acceptors (Lipinski definition) is 2. The normalized spacial score (nSPS) is 11.9. The number of benzene rings is 7. The van der Waals surface area contributed by atoms with Crippen LogP contribution in [0.15, 0.2) is 181 Å². The number of rotatable bonds is 4. The number of furan rings is 1. The summed E-state index contributed by atoms with van der Waals surface area (Å²) in [5, 5.41) is 6.97. The van der Waals surface area contributed by atoms with Gasteiger partial charge in [0.25, 0.3) is 0 Å². The van der Waals surface area contributed by atoms with Gasteiger partial charge in [0.1, 0.15) is 5.58 Å². The maximum absolute atomic E-state index is 6.50. The lowest BCUT2D eigenvalue weighted by Gasteiger charge is -2.11. The van der Waals surface area contributed by atoms with Crippen molar-refractivity contribution >= 4 is 65.6 Å². The van der Waals surface area contributed by atoms with E-state index in [2.05, 4.69) is 166 Å². The van der Waals surface area contributed by atoms with E-state index < -0.39 is 0 Å². The summed E-state index contributed by atoms with van der Waals surface area (Å²) < 4.78 is 11.2. The fourth-order valence-electron chi connectivity index (χ4n) is 8.10. The maximum Gasteiger partial charge on any atom is 0.159 e. The van der Waals surface area contributed by atoms with Crippen molar-refractivity contribution in [2.24, 2.45) is 0 Å². The highest BCUT2D eigenvalue weighted by Crippen LogP contribution is 2.40. The monoisotopic (exact) mass is 651 g/mol. The van der Waals surface area contributed by atoms with Gasteiger partial charge in [-0.25, -0.2) is 0 Å². The molecule has 0 N–H and O–H groups in total. The molecule has 7 aromatic carbocycles. The van der Waals surface area contributed by atoms with Crippen molar-refractivity contribution < 1.29 is 4.42 Å². The zero-order valence-electron chi connectivity index (χ0n) is 27.5. The number of fused-ring (bicyclic) bond motifs is 9. The average molecular weight is 652 g/mol. The van der Waals surface area contributed by atoms with Crippen LogP contribution >= 0.6 is 0 Å². The molecule has 0 saturated heterocycles. The summed E-state index contributed by atoms with van der Waals surface area (Å²) in [6.07, 6.45) is 3.85. The van der Waals surface area contributed by atoms with Crippen molar-refractivity contribution in [3.8, 4) is 33.6 Å². The number of hydrogen-bond donors (Lipinski definition) is 0. The Hall–Kier alpha value is -6.91. The van der Waals surface area contributed by atoms with Gasteiger partial charge in [-0.15, -0.1) is 0 Å². The highest BCUT2D eigenvalue weighted by molar-refractivity contribution is 6.14. The van der Waals surface area contributed by atoms with Crippen LogP contribution in [0.4, 0.5) is 0 Å². The van der Waals surface area contributed by atoms with E-state index in [0.717, 1.165) is 60.7 Å². The lowest BCUT2D eigenvalue weighted by molar-refractivity contribution is 0.666. The first-order valence-electron chi connectivity index (χ1n) is 17.3. The molecule has 4 nitrogen and oxygen atoms in total. The molecule has 0 bridgehead atoms. The van der Waals surface area contributed by atoms with E-state index in [-0.39, 0.29) is 0 Å². The Morgan fingerprint density at radius 1 is 0.392 bits per heavy atom. The first-order valence-corrected chi connectivity index (χ1v) is 17.3. The fourth-order valence-corrected chi connectivity index (χ4v) is 8.10. The molecule has 0 saturated carbocycles. The molecular formula is C47H29N3O. The third-order valence-electron chi connectivity index (χ3n) is 10.4. The molecule has 11 rings (SSSR count). The van der Waals surface area contributed by atoms with Crippen LogP contribution in [0.2, 0.25) is 0 Å². The van der Waals surface area contributed by atoms with E-state index in [9.17, 15) is 0 Å². The Bertz CT molecular complexity index is 3140. The number of nitrogens with zero attached hydrogens (tertiary/aromatic N) is 3. The Morgan fingerprint density at radius 2 is 1.02 bits per heavy atom. The molecule has 0 aliphatic heterocycles. The standard InChI is InChI=1S/C47H29N3O/c1-2-10-30(11-3-1)31-12-8-13-34(26-31)49-41-17-6-4-14-35(41)38-27-32(20-22-42(38)49)33-21-23-43-39(28-33)40-29-48-25-24-44(40)50(43)45-18-9-16-37-36-15-5-7-19-46(36)51-47(37)45/h1-29H. The minimum Gasteiger partial charge on any atom is -0.454 e. The molecule has 0 spiro atoms. The minimum absolute atomic E-state index is 0.884. The van der Waals surface area contributed by atoms with E-state index >= 15 is 0 Å². The molecule has 0 radical (unpaired) electrons. The zero-order valence-corrected chi connectivity index (χ0v) is 27.5. The van der Waals surface area contributed by atoms with Gasteiger partial charge in [-0.05, 0) is 82.9 Å². The molecule has 0 unspecified atom stereocenters. The lowest BCUT2D eigenvalue weighted by atomic mass is 10.0. The first-order chi connectivity index (χ1) is 25.3. The van der Waals surface area contributed by atoms with Crippen LogP contribution in [-0.4, -0.2) is 14.1 Å². The predicted molar refractivity (Wildman–Crippen MR) is 211 cm³/mol. The van der Waals surface area contributed by atoms with Crippen LogP contribution < -0.4 is 0 Å². The summed E-state index contributed by atoms with van der Waals surface area (Å²) in [6, 6.07) is 58.6. The van der Waals surface area contributed by atoms with Gasteiger partial charge in [0.2, 0.25) is 0 Å². The Labute approximate surface area is 293 Å². The van der Waals surface area contributed by atoms with E-state index in [1.807, 2.05) is 24.5 Å². The second kappa shape index (κ2) is 10.8. The van der Waals surface area contributed by atoms with Gasteiger partial charge in [0.15, 0.2) is 5.58 Å². The van der Waals surface area contributed by atoms with Gasteiger partial charge in [0, 0.05) is 50.4 Å². The van der Waals surface area contributed by atoms with Crippen LogP contribution in [0.3, 0.4) is 0 Å². The summed E-state index contributed by atoms with van der Waals surface area (Å²) in [7, 11) is 0. The summed E-state index contributed by atoms with van der Waals surface area (Å²) in [5.74, 6) is 0. The van der Waals surface area contributed by atoms with Crippen LogP contribution in [-0.2, 0) is 0 Å². The molecule has 0 atom stereocenters. The number of para-hydroxylation sites is 3. The SMILES string of the molecule is c1ccc(-c2cccc(-n3c4ccccc4c4cc(-c5ccc6c(c5)c5cnccc5n6-c5cccc6c5oc5ccccc56)ccc43)c2)cc1. The van der Waals surface area contributed by atoms with Crippen molar-refractivity contribution in [2.45, 2.75) is 0 Å². The molecular weight excluding hydrogens is 623 g/mol. The summed E-state index contributed by atoms with van der Waals surface area (Å²) in [5.41, 5.74) is 13.3. The molecule has 4 heterocycles. The van der Waals surface area contributed by atoms with E-state index in [4.69, 9.17) is 4.42 Å². The quantitative estimate of drug-likeness (QED) is 0.190. The summed E-state index contributed by atoms with van der Waals surface area (Å²) in [4.78, 5) is 4.56. The number of aromatic nitrogens is 3. The summed E-state index contributed by atoms with van der Waals surface area (Å²) >= 11 is 0. The molecule has 4 heteroatoms. The predicted octanol–water partition coefficient (Wildman–Crippen LogP) is 12.5. The largest absolute Gasteiger partial charge is 0.454 e. The smallest absolute Gasteiger partial charge is 0.159 e. The molecule has 0 aliphatic carbocycles. The fraction of sp³-hybridized carbons (Fsp3) is 0. The van der Waals surface area contributed by atoms with E-state index in [1.54, 1.807) is 0 Å². The molecule has 0 fully saturated rings. The van der Waals surface area contributed by atoms with Crippen molar-refractivity contribution in [2.75, 3.05) is 0 Å². The topological polar surface area (TPSA) is 35.9 Å². The lowest BCUT2D eigenvalue weighted by Crippen LogP contribution is -1.94. The number of pyridine rings is 1. The van der Waals surface area contributed by atoms with Crippen molar-refractivity contribution in [3.63, 3.8) is 0 Å². The maximum atomic E-state index is 6.50.